The Labute approximate surface area is 108 Å². The van der Waals surface area contributed by atoms with Gasteiger partial charge in [0.2, 0.25) is 0 Å². The Morgan fingerprint density at radius 1 is 1.60 bits per heavy atom. The molecule has 0 spiro atoms. The number of hydrogen-bond acceptors (Lipinski definition) is 2. The summed E-state index contributed by atoms with van der Waals surface area (Å²) in [6, 6.07) is 4.81. The predicted octanol–water partition coefficient (Wildman–Crippen LogP) is 4.01. The Balaban J connectivity index is 1.85. The summed E-state index contributed by atoms with van der Waals surface area (Å²) in [5.74, 6) is 0. The molecule has 84 valence electrons. The summed E-state index contributed by atoms with van der Waals surface area (Å²) >= 11 is 11.4. The van der Waals surface area contributed by atoms with Crippen LogP contribution in [0.1, 0.15) is 25.1 Å². The van der Waals surface area contributed by atoms with Gasteiger partial charge in [-0.25, -0.2) is 0 Å². The molecule has 0 saturated heterocycles. The molecule has 1 saturated carbocycles. The van der Waals surface area contributed by atoms with Crippen molar-refractivity contribution in [3.05, 3.63) is 20.8 Å². The second-order valence-corrected chi connectivity index (χ2v) is 7.74. The summed E-state index contributed by atoms with van der Waals surface area (Å²) in [5.41, 5.74) is 0.232. The van der Waals surface area contributed by atoms with E-state index in [2.05, 4.69) is 47.2 Å². The van der Waals surface area contributed by atoms with Crippen LogP contribution in [0.25, 0.3) is 0 Å². The number of thiophene rings is 1. The van der Waals surface area contributed by atoms with Crippen molar-refractivity contribution in [1.29, 1.82) is 0 Å². The van der Waals surface area contributed by atoms with E-state index in [4.69, 9.17) is 11.6 Å². The van der Waals surface area contributed by atoms with Crippen LogP contribution in [0.4, 0.5) is 0 Å². The fourth-order valence-electron chi connectivity index (χ4n) is 1.89. The van der Waals surface area contributed by atoms with Crippen LogP contribution in [-0.2, 0) is 6.54 Å². The molecule has 2 rings (SSSR count). The first kappa shape index (κ1) is 11.9. The fraction of sp³-hybridized carbons (Fsp3) is 0.636. The Kier molecular flexibility index (Phi) is 3.46. The van der Waals surface area contributed by atoms with Gasteiger partial charge in [-0.3, -0.25) is 0 Å². The molecule has 0 aromatic carbocycles. The molecular weight excluding hydrogens is 294 g/mol. The summed E-state index contributed by atoms with van der Waals surface area (Å²) in [6.45, 7) is 5.42. The minimum absolute atomic E-state index is 0.232. The van der Waals surface area contributed by atoms with E-state index in [1.807, 2.05) is 0 Å². The quantitative estimate of drug-likeness (QED) is 0.832. The maximum Gasteiger partial charge on any atom is 0.0701 e. The molecular formula is C11H15BrClNS. The van der Waals surface area contributed by atoms with Crippen LogP contribution in [0, 0.1) is 5.41 Å². The van der Waals surface area contributed by atoms with Gasteiger partial charge in [0.15, 0.2) is 0 Å². The van der Waals surface area contributed by atoms with Crippen LogP contribution in [0.2, 0.25) is 0 Å². The molecule has 0 amide bonds. The molecule has 0 bridgehead atoms. The maximum atomic E-state index is 6.18. The summed E-state index contributed by atoms with van der Waals surface area (Å²) in [5, 5.41) is 3.90. The first-order chi connectivity index (χ1) is 7.00. The minimum Gasteiger partial charge on any atom is -0.308 e. The standard InChI is InChI=1S/C11H15BrClNS/c1-11(2)8(13)5-9(11)14-6-7-3-4-10(12)15-7/h3-4,8-9,14H,5-6H2,1-2H3. The second-order valence-electron chi connectivity index (χ2n) is 4.66. The van der Waals surface area contributed by atoms with Gasteiger partial charge in [-0.05, 0) is 39.9 Å². The molecule has 0 aliphatic heterocycles. The van der Waals surface area contributed by atoms with Crippen molar-refractivity contribution in [3.63, 3.8) is 0 Å². The summed E-state index contributed by atoms with van der Waals surface area (Å²) in [7, 11) is 0. The molecule has 15 heavy (non-hydrogen) atoms. The molecule has 1 heterocycles. The molecule has 4 heteroatoms. The van der Waals surface area contributed by atoms with Gasteiger partial charge in [0.05, 0.1) is 3.79 Å². The van der Waals surface area contributed by atoms with Gasteiger partial charge in [0.1, 0.15) is 0 Å². The number of rotatable bonds is 3. The Morgan fingerprint density at radius 2 is 2.33 bits per heavy atom. The zero-order chi connectivity index (χ0) is 11.1. The van der Waals surface area contributed by atoms with E-state index in [0.717, 1.165) is 13.0 Å². The zero-order valence-electron chi connectivity index (χ0n) is 8.89. The largest absolute Gasteiger partial charge is 0.308 e. The minimum atomic E-state index is 0.232. The lowest BCUT2D eigenvalue weighted by Crippen LogP contribution is -2.57. The maximum absolute atomic E-state index is 6.18. The lowest BCUT2D eigenvalue weighted by Gasteiger charge is -2.49. The fourth-order valence-corrected chi connectivity index (χ4v) is 3.65. The monoisotopic (exact) mass is 307 g/mol. The van der Waals surface area contributed by atoms with E-state index in [1.54, 1.807) is 11.3 Å². The number of hydrogen-bond donors (Lipinski definition) is 1. The van der Waals surface area contributed by atoms with Gasteiger partial charge < -0.3 is 5.32 Å². The van der Waals surface area contributed by atoms with Gasteiger partial charge in [-0.15, -0.1) is 22.9 Å². The van der Waals surface area contributed by atoms with E-state index in [1.165, 1.54) is 8.66 Å². The van der Waals surface area contributed by atoms with Crippen molar-refractivity contribution >= 4 is 38.9 Å². The highest BCUT2D eigenvalue weighted by atomic mass is 79.9. The highest BCUT2D eigenvalue weighted by Gasteiger charge is 2.46. The van der Waals surface area contributed by atoms with Crippen molar-refractivity contribution in [2.45, 2.75) is 38.2 Å². The first-order valence-corrected chi connectivity index (χ1v) is 7.16. The number of nitrogens with one attached hydrogen (secondary N) is 1. The molecule has 1 aromatic heterocycles. The Morgan fingerprint density at radius 3 is 2.80 bits per heavy atom. The van der Waals surface area contributed by atoms with Crippen LogP contribution in [-0.4, -0.2) is 11.4 Å². The van der Waals surface area contributed by atoms with Crippen LogP contribution < -0.4 is 5.32 Å². The molecule has 2 atom stereocenters. The van der Waals surface area contributed by atoms with Gasteiger partial charge in [-0.2, -0.15) is 0 Å². The van der Waals surface area contributed by atoms with Crippen molar-refractivity contribution < 1.29 is 0 Å². The molecule has 1 nitrogen and oxygen atoms in total. The van der Waals surface area contributed by atoms with E-state index in [9.17, 15) is 0 Å². The molecule has 1 N–H and O–H groups in total. The highest BCUT2D eigenvalue weighted by molar-refractivity contribution is 9.11. The summed E-state index contributed by atoms with van der Waals surface area (Å²) in [6.07, 6.45) is 1.08. The third-order valence-electron chi connectivity index (χ3n) is 3.30. The zero-order valence-corrected chi connectivity index (χ0v) is 12.0. The molecule has 1 aliphatic carbocycles. The van der Waals surface area contributed by atoms with Crippen LogP contribution in [0.5, 0.6) is 0 Å². The van der Waals surface area contributed by atoms with E-state index in [0.29, 0.717) is 11.4 Å². The van der Waals surface area contributed by atoms with Crippen LogP contribution >= 0.6 is 38.9 Å². The topological polar surface area (TPSA) is 12.0 Å². The molecule has 0 radical (unpaired) electrons. The lowest BCUT2D eigenvalue weighted by atomic mass is 9.67. The average Bonchev–Trinajstić information content (AvgIpc) is 2.58. The number of alkyl halides is 1. The Bertz CT molecular complexity index is 350. The molecule has 1 aliphatic rings. The number of halogens is 2. The smallest absolute Gasteiger partial charge is 0.0701 e. The van der Waals surface area contributed by atoms with E-state index >= 15 is 0 Å². The van der Waals surface area contributed by atoms with Crippen molar-refractivity contribution in [1.82, 2.24) is 5.32 Å². The third-order valence-corrected chi connectivity index (χ3v) is 5.66. The van der Waals surface area contributed by atoms with Crippen molar-refractivity contribution in [3.8, 4) is 0 Å². The first-order valence-electron chi connectivity index (χ1n) is 5.12. The van der Waals surface area contributed by atoms with Crippen molar-refractivity contribution in [2.24, 2.45) is 5.41 Å². The van der Waals surface area contributed by atoms with E-state index in [-0.39, 0.29) is 5.41 Å². The van der Waals surface area contributed by atoms with Gasteiger partial charge in [0.25, 0.3) is 0 Å². The third kappa shape index (κ3) is 2.41. The Hall–Kier alpha value is 0.430. The predicted molar refractivity (Wildman–Crippen MR) is 70.7 cm³/mol. The van der Waals surface area contributed by atoms with Crippen LogP contribution in [0.3, 0.4) is 0 Å². The summed E-state index contributed by atoms with van der Waals surface area (Å²) < 4.78 is 1.20. The van der Waals surface area contributed by atoms with Crippen LogP contribution in [0.15, 0.2) is 15.9 Å². The second kappa shape index (κ2) is 4.36. The van der Waals surface area contributed by atoms with Crippen molar-refractivity contribution in [2.75, 3.05) is 0 Å². The summed E-state index contributed by atoms with van der Waals surface area (Å²) in [4.78, 5) is 1.37. The normalized spacial score (nSPS) is 28.8. The van der Waals surface area contributed by atoms with E-state index < -0.39 is 0 Å². The molecule has 1 fully saturated rings. The van der Waals surface area contributed by atoms with Gasteiger partial charge in [-0.1, -0.05) is 13.8 Å². The molecule has 1 aromatic rings. The lowest BCUT2D eigenvalue weighted by molar-refractivity contribution is 0.116. The highest BCUT2D eigenvalue weighted by Crippen LogP contribution is 2.44. The van der Waals surface area contributed by atoms with Gasteiger partial charge >= 0.3 is 0 Å². The van der Waals surface area contributed by atoms with Gasteiger partial charge in [0, 0.05) is 22.8 Å². The SMILES string of the molecule is CC1(C)C(Cl)CC1NCc1ccc(Br)s1. The average molecular weight is 309 g/mol. The molecule has 2 unspecified atom stereocenters.